The lowest BCUT2D eigenvalue weighted by Gasteiger charge is -2.07. The van der Waals surface area contributed by atoms with E-state index in [4.69, 9.17) is 5.73 Å². The van der Waals surface area contributed by atoms with Crippen LogP contribution in [0, 0.1) is 12.7 Å². The van der Waals surface area contributed by atoms with Crippen molar-refractivity contribution < 1.29 is 9.18 Å². The molecule has 88 valence electrons. The number of hydrogen-bond donors (Lipinski definition) is 1. The van der Waals surface area contributed by atoms with Crippen LogP contribution >= 0.6 is 0 Å². The molecular weight excluding hydrogens is 221 g/mol. The highest BCUT2D eigenvalue weighted by Gasteiger charge is 2.12. The van der Waals surface area contributed by atoms with E-state index in [1.807, 2.05) is 6.92 Å². The number of nitrogens with zero attached hydrogens (tertiary/aromatic N) is 2. The number of aromatic nitrogens is 2. The third-order valence-electron chi connectivity index (χ3n) is 2.40. The van der Waals surface area contributed by atoms with E-state index >= 15 is 0 Å². The standard InChI is InChI=1S/C12H12FN3O/c1-8-2-3-10(13)9(6-8)12-15-4-5-16(12)7-11(14)17/h2-6H,7H2,1H3,(H2,14,17). The molecule has 0 aliphatic heterocycles. The van der Waals surface area contributed by atoms with Crippen molar-refractivity contribution in [1.82, 2.24) is 9.55 Å². The van der Waals surface area contributed by atoms with Crippen LogP contribution in [-0.4, -0.2) is 15.5 Å². The summed E-state index contributed by atoms with van der Waals surface area (Å²) in [5.74, 6) is -0.449. The molecule has 2 aromatic rings. The summed E-state index contributed by atoms with van der Waals surface area (Å²) in [6.45, 7) is 1.85. The molecule has 2 rings (SSSR count). The van der Waals surface area contributed by atoms with Crippen molar-refractivity contribution in [3.8, 4) is 11.4 Å². The number of imidazole rings is 1. The Bertz CT molecular complexity index is 563. The minimum atomic E-state index is -0.489. The summed E-state index contributed by atoms with van der Waals surface area (Å²) in [4.78, 5) is 14.9. The SMILES string of the molecule is Cc1ccc(F)c(-c2nccn2CC(N)=O)c1. The molecule has 2 N–H and O–H groups in total. The first-order valence-corrected chi connectivity index (χ1v) is 5.14. The number of aryl methyl sites for hydroxylation is 1. The predicted molar refractivity (Wildman–Crippen MR) is 61.6 cm³/mol. The fourth-order valence-electron chi connectivity index (χ4n) is 1.66. The van der Waals surface area contributed by atoms with E-state index < -0.39 is 5.91 Å². The highest BCUT2D eigenvalue weighted by molar-refractivity contribution is 5.74. The zero-order valence-corrected chi connectivity index (χ0v) is 9.35. The number of amides is 1. The third-order valence-corrected chi connectivity index (χ3v) is 2.40. The highest BCUT2D eigenvalue weighted by Crippen LogP contribution is 2.22. The van der Waals surface area contributed by atoms with E-state index in [9.17, 15) is 9.18 Å². The molecule has 0 radical (unpaired) electrons. The molecule has 0 spiro atoms. The first kappa shape index (κ1) is 11.3. The minimum absolute atomic E-state index is 0.0112. The summed E-state index contributed by atoms with van der Waals surface area (Å²) < 4.78 is 15.2. The van der Waals surface area contributed by atoms with Gasteiger partial charge in [-0.25, -0.2) is 9.37 Å². The van der Waals surface area contributed by atoms with Gasteiger partial charge in [0.2, 0.25) is 5.91 Å². The van der Waals surface area contributed by atoms with E-state index in [1.165, 1.54) is 16.8 Å². The fourth-order valence-corrected chi connectivity index (χ4v) is 1.66. The predicted octanol–water partition coefficient (Wildman–Crippen LogP) is 1.48. The van der Waals surface area contributed by atoms with Crippen LogP contribution in [0.3, 0.4) is 0 Å². The van der Waals surface area contributed by atoms with E-state index in [-0.39, 0.29) is 12.4 Å². The van der Waals surface area contributed by atoms with Gasteiger partial charge in [-0.2, -0.15) is 0 Å². The van der Waals surface area contributed by atoms with Gasteiger partial charge in [-0.1, -0.05) is 11.6 Å². The Labute approximate surface area is 97.9 Å². The van der Waals surface area contributed by atoms with Crippen molar-refractivity contribution in [2.45, 2.75) is 13.5 Å². The second kappa shape index (κ2) is 4.37. The second-order valence-electron chi connectivity index (χ2n) is 3.83. The van der Waals surface area contributed by atoms with Gasteiger partial charge in [0.15, 0.2) is 0 Å². The number of carbonyl (C=O) groups is 1. The zero-order chi connectivity index (χ0) is 12.4. The molecule has 0 aliphatic rings. The van der Waals surface area contributed by atoms with Crippen LogP contribution < -0.4 is 5.73 Å². The van der Waals surface area contributed by atoms with Gasteiger partial charge >= 0.3 is 0 Å². The molecule has 1 aromatic carbocycles. The van der Waals surface area contributed by atoms with E-state index in [1.54, 1.807) is 18.3 Å². The highest BCUT2D eigenvalue weighted by atomic mass is 19.1. The van der Waals surface area contributed by atoms with Crippen LogP contribution in [0.5, 0.6) is 0 Å². The van der Waals surface area contributed by atoms with E-state index in [0.29, 0.717) is 11.4 Å². The minimum Gasteiger partial charge on any atom is -0.368 e. The number of primary amides is 1. The van der Waals surface area contributed by atoms with Gasteiger partial charge < -0.3 is 10.3 Å². The molecule has 1 aromatic heterocycles. The largest absolute Gasteiger partial charge is 0.368 e. The van der Waals surface area contributed by atoms with Crippen molar-refractivity contribution in [2.75, 3.05) is 0 Å². The summed E-state index contributed by atoms with van der Waals surface area (Å²) in [5, 5.41) is 0. The molecule has 0 saturated heterocycles. The fraction of sp³-hybridized carbons (Fsp3) is 0.167. The molecular formula is C12H12FN3O. The first-order chi connectivity index (χ1) is 8.08. The van der Waals surface area contributed by atoms with Gasteiger partial charge in [0.1, 0.15) is 18.2 Å². The Morgan fingerprint density at radius 1 is 1.53 bits per heavy atom. The summed E-state index contributed by atoms with van der Waals surface area (Å²) in [7, 11) is 0. The van der Waals surface area contributed by atoms with Gasteiger partial charge in [-0.3, -0.25) is 4.79 Å². The number of rotatable bonds is 3. The van der Waals surface area contributed by atoms with Gasteiger partial charge in [0.05, 0.1) is 5.56 Å². The summed E-state index contributed by atoms with van der Waals surface area (Å²) in [5.41, 5.74) is 6.41. The maximum Gasteiger partial charge on any atom is 0.237 e. The molecule has 0 atom stereocenters. The van der Waals surface area contributed by atoms with Crippen LogP contribution in [0.1, 0.15) is 5.56 Å². The van der Waals surface area contributed by atoms with Gasteiger partial charge in [0, 0.05) is 12.4 Å². The Hall–Kier alpha value is -2.17. The Morgan fingerprint density at radius 3 is 3.00 bits per heavy atom. The van der Waals surface area contributed by atoms with Gasteiger partial charge in [0.25, 0.3) is 0 Å². The van der Waals surface area contributed by atoms with Crippen LogP contribution in [-0.2, 0) is 11.3 Å². The molecule has 0 aliphatic carbocycles. The molecule has 5 heteroatoms. The molecule has 1 amide bonds. The molecule has 17 heavy (non-hydrogen) atoms. The smallest absolute Gasteiger partial charge is 0.237 e. The van der Waals surface area contributed by atoms with Crippen LogP contribution in [0.25, 0.3) is 11.4 Å². The van der Waals surface area contributed by atoms with Gasteiger partial charge in [-0.15, -0.1) is 0 Å². The van der Waals surface area contributed by atoms with Crippen molar-refractivity contribution in [2.24, 2.45) is 5.73 Å². The monoisotopic (exact) mass is 233 g/mol. The molecule has 0 unspecified atom stereocenters. The molecule has 1 heterocycles. The topological polar surface area (TPSA) is 60.9 Å². The number of nitrogens with two attached hydrogens (primary N) is 1. The summed E-state index contributed by atoms with van der Waals surface area (Å²) >= 11 is 0. The lowest BCUT2D eigenvalue weighted by atomic mass is 10.1. The number of carbonyl (C=O) groups excluding carboxylic acids is 1. The average molecular weight is 233 g/mol. The zero-order valence-electron chi connectivity index (χ0n) is 9.35. The van der Waals surface area contributed by atoms with Crippen molar-refractivity contribution in [3.63, 3.8) is 0 Å². The van der Waals surface area contributed by atoms with Gasteiger partial charge in [-0.05, 0) is 19.1 Å². The molecule has 0 saturated carbocycles. The Kier molecular flexibility index (Phi) is 2.91. The van der Waals surface area contributed by atoms with Crippen molar-refractivity contribution >= 4 is 5.91 Å². The van der Waals surface area contributed by atoms with E-state index in [2.05, 4.69) is 4.98 Å². The quantitative estimate of drug-likeness (QED) is 0.872. The Morgan fingerprint density at radius 2 is 2.29 bits per heavy atom. The lowest BCUT2D eigenvalue weighted by molar-refractivity contribution is -0.118. The number of benzene rings is 1. The van der Waals surface area contributed by atoms with Crippen molar-refractivity contribution in [3.05, 3.63) is 42.0 Å². The number of hydrogen-bond acceptors (Lipinski definition) is 2. The average Bonchev–Trinajstić information content (AvgIpc) is 2.69. The van der Waals surface area contributed by atoms with Crippen molar-refractivity contribution in [1.29, 1.82) is 0 Å². The molecule has 4 nitrogen and oxygen atoms in total. The third kappa shape index (κ3) is 2.33. The van der Waals surface area contributed by atoms with Crippen LogP contribution in [0.4, 0.5) is 4.39 Å². The summed E-state index contributed by atoms with van der Waals surface area (Å²) in [6.07, 6.45) is 3.11. The van der Waals surface area contributed by atoms with Crippen LogP contribution in [0.15, 0.2) is 30.6 Å². The molecule has 0 bridgehead atoms. The summed E-state index contributed by atoms with van der Waals surface area (Å²) in [6, 6.07) is 4.75. The lowest BCUT2D eigenvalue weighted by Crippen LogP contribution is -2.18. The first-order valence-electron chi connectivity index (χ1n) is 5.14. The maximum absolute atomic E-state index is 13.7. The molecule has 0 fully saturated rings. The number of halogens is 1. The Balaban J connectivity index is 2.49. The second-order valence-corrected chi connectivity index (χ2v) is 3.83. The maximum atomic E-state index is 13.7. The van der Waals surface area contributed by atoms with E-state index in [0.717, 1.165) is 5.56 Å². The van der Waals surface area contributed by atoms with Crippen LogP contribution in [0.2, 0.25) is 0 Å². The normalized spacial score (nSPS) is 10.5.